The van der Waals surface area contributed by atoms with Gasteiger partial charge in [-0.2, -0.15) is 4.57 Å². The van der Waals surface area contributed by atoms with Gasteiger partial charge in [0.2, 0.25) is 5.51 Å². The summed E-state index contributed by atoms with van der Waals surface area (Å²) in [5.74, 6) is 1.37. The summed E-state index contributed by atoms with van der Waals surface area (Å²) >= 11 is 1.66. The van der Waals surface area contributed by atoms with E-state index < -0.39 is 0 Å². The summed E-state index contributed by atoms with van der Waals surface area (Å²) < 4.78 is 2.13. The van der Waals surface area contributed by atoms with E-state index in [0.29, 0.717) is 18.8 Å². The van der Waals surface area contributed by atoms with Gasteiger partial charge in [0, 0.05) is 26.9 Å². The second-order valence-electron chi connectivity index (χ2n) is 4.23. The lowest BCUT2D eigenvalue weighted by Gasteiger charge is -1.97. The van der Waals surface area contributed by atoms with E-state index in [-0.39, 0.29) is 6.61 Å². The molecule has 2 rings (SSSR count). The van der Waals surface area contributed by atoms with Gasteiger partial charge >= 0.3 is 0 Å². The van der Waals surface area contributed by atoms with Crippen LogP contribution in [0.25, 0.3) is 0 Å². The monoisotopic (exact) mass is 266 g/mol. The zero-order chi connectivity index (χ0) is 13.1. The number of anilines is 1. The summed E-state index contributed by atoms with van der Waals surface area (Å²) in [5, 5.41) is 8.98. The number of nitrogen functional groups attached to an aromatic ring is 1. The largest absolute Gasteiger partial charge is 0.396 e. The topological polar surface area (TPSA) is 77.2 Å². The molecule has 2 heterocycles. The molecule has 2 aromatic rings. The zero-order valence-corrected chi connectivity index (χ0v) is 11.4. The molecule has 96 valence electrons. The molecule has 0 aliphatic heterocycles. The van der Waals surface area contributed by atoms with Crippen molar-refractivity contribution in [3.63, 3.8) is 0 Å². The molecule has 0 aromatic carbocycles. The van der Waals surface area contributed by atoms with Crippen LogP contribution in [0.5, 0.6) is 0 Å². The number of H-pyrrole nitrogens is 1. The SMILES string of the molecule is Cc1nc(N)c(C[n+]2csc(CCO)c2C)c[nH+]1. The molecule has 6 heteroatoms. The molecular formula is C12H18N4OS+2. The Labute approximate surface area is 110 Å². The average molecular weight is 266 g/mol. The van der Waals surface area contributed by atoms with Gasteiger partial charge in [-0.15, -0.1) is 0 Å². The number of aliphatic hydroxyl groups excluding tert-OH is 1. The Morgan fingerprint density at radius 3 is 2.94 bits per heavy atom. The van der Waals surface area contributed by atoms with E-state index in [1.165, 1.54) is 10.6 Å². The molecule has 0 amide bonds. The number of aliphatic hydroxyl groups is 1. The highest BCUT2D eigenvalue weighted by atomic mass is 32.1. The first-order valence-corrected chi connectivity index (χ1v) is 6.70. The molecule has 0 saturated heterocycles. The molecular weight excluding hydrogens is 248 g/mol. The summed E-state index contributed by atoms with van der Waals surface area (Å²) in [4.78, 5) is 8.49. The fourth-order valence-electron chi connectivity index (χ4n) is 1.81. The van der Waals surface area contributed by atoms with Crippen molar-refractivity contribution in [2.24, 2.45) is 0 Å². The first-order valence-electron chi connectivity index (χ1n) is 5.82. The van der Waals surface area contributed by atoms with Gasteiger partial charge in [-0.1, -0.05) is 11.3 Å². The van der Waals surface area contributed by atoms with Gasteiger partial charge in [0.15, 0.2) is 12.2 Å². The molecule has 2 aromatic heterocycles. The Morgan fingerprint density at radius 2 is 2.28 bits per heavy atom. The van der Waals surface area contributed by atoms with Crippen molar-refractivity contribution in [1.29, 1.82) is 0 Å². The lowest BCUT2D eigenvalue weighted by molar-refractivity contribution is -0.690. The lowest BCUT2D eigenvalue weighted by Crippen LogP contribution is -2.36. The van der Waals surface area contributed by atoms with Crippen LogP contribution in [-0.2, 0) is 13.0 Å². The van der Waals surface area contributed by atoms with E-state index >= 15 is 0 Å². The Hall–Kier alpha value is -1.53. The van der Waals surface area contributed by atoms with Crippen LogP contribution >= 0.6 is 11.3 Å². The number of nitrogens with zero attached hydrogens (tertiary/aromatic N) is 2. The smallest absolute Gasteiger partial charge is 0.295 e. The van der Waals surface area contributed by atoms with E-state index in [4.69, 9.17) is 10.8 Å². The standard InChI is InChI=1S/C12H17N4OS/c1-8-11(3-4-17)18-7-16(8)6-10-5-14-9(2)15-12(10)13/h5,7,17H,3-4,6H2,1-2H3,(H2,13,14,15)/q+1/p+1. The summed E-state index contributed by atoms with van der Waals surface area (Å²) in [6, 6.07) is 0. The molecule has 0 atom stereocenters. The molecule has 0 unspecified atom stereocenters. The average Bonchev–Trinajstić information content (AvgIpc) is 2.66. The van der Waals surface area contributed by atoms with Crippen LogP contribution in [0, 0.1) is 13.8 Å². The zero-order valence-electron chi connectivity index (χ0n) is 10.6. The quantitative estimate of drug-likeness (QED) is 0.766. The van der Waals surface area contributed by atoms with Crippen LogP contribution < -0.4 is 15.3 Å². The first kappa shape index (κ1) is 12.9. The molecule has 5 nitrogen and oxygen atoms in total. The van der Waals surface area contributed by atoms with Crippen LogP contribution in [0.1, 0.15) is 22.0 Å². The molecule has 0 radical (unpaired) electrons. The maximum atomic E-state index is 8.98. The number of rotatable bonds is 4. The minimum absolute atomic E-state index is 0.184. The van der Waals surface area contributed by atoms with Crippen molar-refractivity contribution in [3.8, 4) is 0 Å². The normalized spacial score (nSPS) is 10.8. The Kier molecular flexibility index (Phi) is 3.88. The summed E-state index contributed by atoms with van der Waals surface area (Å²) in [7, 11) is 0. The minimum atomic E-state index is 0.184. The van der Waals surface area contributed by atoms with Crippen LogP contribution in [0.3, 0.4) is 0 Å². The van der Waals surface area contributed by atoms with Crippen molar-refractivity contribution < 1.29 is 14.7 Å². The lowest BCUT2D eigenvalue weighted by atomic mass is 10.2. The van der Waals surface area contributed by atoms with Gasteiger partial charge in [0.25, 0.3) is 11.6 Å². The van der Waals surface area contributed by atoms with Crippen molar-refractivity contribution >= 4 is 17.2 Å². The van der Waals surface area contributed by atoms with Gasteiger partial charge < -0.3 is 10.8 Å². The predicted octanol–water partition coefficient (Wildman–Crippen LogP) is 0.0268. The maximum absolute atomic E-state index is 8.98. The van der Waals surface area contributed by atoms with Gasteiger partial charge in [0.05, 0.1) is 4.88 Å². The Bertz CT molecular complexity index is 553. The highest BCUT2D eigenvalue weighted by Gasteiger charge is 2.19. The third kappa shape index (κ3) is 2.65. The van der Waals surface area contributed by atoms with Crippen LogP contribution in [0.15, 0.2) is 11.7 Å². The molecule has 0 spiro atoms. The fraction of sp³-hybridized carbons (Fsp3) is 0.417. The van der Waals surface area contributed by atoms with E-state index in [0.717, 1.165) is 11.4 Å². The minimum Gasteiger partial charge on any atom is -0.396 e. The third-order valence-electron chi connectivity index (χ3n) is 2.91. The van der Waals surface area contributed by atoms with E-state index in [1.54, 1.807) is 11.3 Å². The Balaban J connectivity index is 2.23. The number of aromatic nitrogens is 3. The third-order valence-corrected chi connectivity index (χ3v) is 4.05. The first-order chi connectivity index (χ1) is 8.61. The predicted molar refractivity (Wildman–Crippen MR) is 69.1 cm³/mol. The molecule has 18 heavy (non-hydrogen) atoms. The number of hydrogen-bond acceptors (Lipinski definition) is 4. The van der Waals surface area contributed by atoms with Crippen LogP contribution in [-0.4, -0.2) is 16.7 Å². The molecule has 4 N–H and O–H groups in total. The molecule has 0 aliphatic rings. The highest BCUT2D eigenvalue weighted by Crippen LogP contribution is 2.13. The van der Waals surface area contributed by atoms with Gasteiger partial charge in [-0.05, 0) is 4.98 Å². The van der Waals surface area contributed by atoms with Crippen LogP contribution in [0.4, 0.5) is 5.82 Å². The number of nitrogens with two attached hydrogens (primary N) is 1. The number of thiazole rings is 1. The van der Waals surface area contributed by atoms with E-state index in [9.17, 15) is 0 Å². The van der Waals surface area contributed by atoms with Crippen LogP contribution in [0.2, 0.25) is 0 Å². The molecule has 0 fully saturated rings. The number of aromatic amines is 1. The van der Waals surface area contributed by atoms with Crippen molar-refractivity contribution in [2.75, 3.05) is 12.3 Å². The van der Waals surface area contributed by atoms with E-state index in [2.05, 4.69) is 27.0 Å². The summed E-state index contributed by atoms with van der Waals surface area (Å²) in [5.41, 5.74) is 10.1. The summed E-state index contributed by atoms with van der Waals surface area (Å²) in [6.07, 6.45) is 2.60. The second kappa shape index (κ2) is 5.41. The van der Waals surface area contributed by atoms with Gasteiger partial charge in [-0.3, -0.25) is 0 Å². The van der Waals surface area contributed by atoms with Gasteiger partial charge in [0.1, 0.15) is 11.8 Å². The van der Waals surface area contributed by atoms with E-state index in [1.807, 2.05) is 13.1 Å². The maximum Gasteiger partial charge on any atom is 0.295 e. The van der Waals surface area contributed by atoms with Crippen molar-refractivity contribution in [2.45, 2.75) is 26.8 Å². The molecule has 0 aliphatic carbocycles. The van der Waals surface area contributed by atoms with Gasteiger partial charge in [-0.25, -0.2) is 4.98 Å². The fourth-order valence-corrected chi connectivity index (χ4v) is 2.79. The molecule has 0 saturated carbocycles. The highest BCUT2D eigenvalue weighted by molar-refractivity contribution is 7.09. The summed E-state index contributed by atoms with van der Waals surface area (Å²) in [6.45, 7) is 4.82. The number of aryl methyl sites for hydroxylation is 1. The van der Waals surface area contributed by atoms with Crippen molar-refractivity contribution in [1.82, 2.24) is 4.98 Å². The van der Waals surface area contributed by atoms with Crippen molar-refractivity contribution in [3.05, 3.63) is 33.7 Å². The molecule has 0 bridgehead atoms. The number of nitrogens with one attached hydrogen (secondary N) is 1. The number of hydrogen-bond donors (Lipinski definition) is 2. The second-order valence-corrected chi connectivity index (χ2v) is 5.17. The Morgan fingerprint density at radius 1 is 1.50 bits per heavy atom.